The molecule has 0 bridgehead atoms. The molecule has 8 nitrogen and oxygen atoms in total. The summed E-state index contributed by atoms with van der Waals surface area (Å²) < 4.78 is 3.43. The molecule has 186 valence electrons. The Hall–Kier alpha value is -1.12. The molecule has 0 aliphatic heterocycles. The Balaban J connectivity index is 0.000000240. The molecule has 0 saturated heterocycles. The van der Waals surface area contributed by atoms with Crippen LogP contribution in [0.4, 0.5) is 5.69 Å². The number of amides is 1. The van der Waals surface area contributed by atoms with Crippen LogP contribution >= 0.6 is 68.4 Å². The molecule has 0 saturated carbocycles. The first-order chi connectivity index (χ1) is 16.1. The second kappa shape index (κ2) is 13.3. The van der Waals surface area contributed by atoms with Crippen molar-refractivity contribution in [3.05, 3.63) is 45.8 Å². The number of rotatable bonds is 8. The number of nitrogens with zero attached hydrogens (tertiary/aromatic N) is 3. The number of aromatic nitrogens is 4. The van der Waals surface area contributed by atoms with Gasteiger partial charge in [-0.1, -0.05) is 50.9 Å². The van der Waals surface area contributed by atoms with Crippen LogP contribution < -0.4 is 16.7 Å². The normalized spacial score (nSPS) is 11.1. The van der Waals surface area contributed by atoms with Crippen LogP contribution in [0, 0.1) is 7.14 Å². The molecule has 12 heteroatoms. The van der Waals surface area contributed by atoms with Crippen molar-refractivity contribution in [3.8, 4) is 0 Å². The number of anilines is 1. The second-order valence-corrected chi connectivity index (χ2v) is 10.5. The summed E-state index contributed by atoms with van der Waals surface area (Å²) in [5, 5.41) is 4.38. The van der Waals surface area contributed by atoms with Gasteiger partial charge in [0.1, 0.15) is 5.52 Å². The van der Waals surface area contributed by atoms with E-state index >= 15 is 0 Å². The third kappa shape index (κ3) is 6.55. The van der Waals surface area contributed by atoms with Gasteiger partial charge in [0.05, 0.1) is 22.9 Å². The van der Waals surface area contributed by atoms with E-state index in [1.54, 1.807) is 10.8 Å². The van der Waals surface area contributed by atoms with Crippen LogP contribution in [0.5, 0.6) is 0 Å². The highest BCUT2D eigenvalue weighted by atomic mass is 127. The Morgan fingerprint density at radius 3 is 2.15 bits per heavy atom. The lowest BCUT2D eigenvalue weighted by molar-refractivity contribution is 0.0996. The van der Waals surface area contributed by atoms with E-state index in [0.717, 1.165) is 38.3 Å². The number of pyridine rings is 2. The molecule has 0 aliphatic rings. The summed E-state index contributed by atoms with van der Waals surface area (Å²) in [7, 11) is 0. The van der Waals surface area contributed by atoms with Crippen molar-refractivity contribution in [3.63, 3.8) is 0 Å². The number of halogens is 4. The first-order valence-corrected chi connectivity index (χ1v) is 13.9. The molecule has 0 fully saturated rings. The van der Waals surface area contributed by atoms with Gasteiger partial charge in [-0.15, -0.1) is 0 Å². The summed E-state index contributed by atoms with van der Waals surface area (Å²) in [6.45, 7) is 8.31. The van der Waals surface area contributed by atoms with Crippen molar-refractivity contribution in [2.24, 2.45) is 5.73 Å². The van der Waals surface area contributed by atoms with Crippen LogP contribution in [0.1, 0.15) is 69.9 Å². The van der Waals surface area contributed by atoms with Gasteiger partial charge >= 0.3 is 5.69 Å². The number of imidazole rings is 1. The smallest absolute Gasteiger partial charge is 0.327 e. The fraction of sp³-hybridized carbons (Fsp3) is 0.455. The van der Waals surface area contributed by atoms with E-state index < -0.39 is 5.91 Å². The molecule has 0 spiro atoms. The molecule has 0 aromatic carbocycles. The maximum absolute atomic E-state index is 12.0. The molecule has 1 amide bonds. The first kappa shape index (κ1) is 29.1. The predicted molar refractivity (Wildman–Crippen MR) is 156 cm³/mol. The number of fused-ring (bicyclic) bond motifs is 1. The first-order valence-electron chi connectivity index (χ1n) is 10.9. The molecule has 0 unspecified atom stereocenters. The Morgan fingerprint density at radius 2 is 1.62 bits per heavy atom. The molecule has 3 rings (SSSR count). The molecule has 0 atom stereocenters. The van der Waals surface area contributed by atoms with Gasteiger partial charge in [0.25, 0.3) is 5.91 Å². The highest BCUT2D eigenvalue weighted by Gasteiger charge is 2.19. The third-order valence-corrected chi connectivity index (χ3v) is 8.91. The lowest BCUT2D eigenvalue weighted by Crippen LogP contribution is -2.23. The Kier molecular flexibility index (Phi) is 11.4. The number of carbonyl (C=O) groups is 1. The van der Waals surface area contributed by atoms with E-state index in [1.807, 2.05) is 0 Å². The van der Waals surface area contributed by atoms with E-state index in [0.29, 0.717) is 21.4 Å². The van der Waals surface area contributed by atoms with E-state index in [1.165, 1.54) is 6.20 Å². The minimum Gasteiger partial charge on any atom is -0.380 e. The minimum atomic E-state index is -0.548. The van der Waals surface area contributed by atoms with Crippen molar-refractivity contribution >= 4 is 91.1 Å². The van der Waals surface area contributed by atoms with Crippen molar-refractivity contribution < 1.29 is 4.79 Å². The summed E-state index contributed by atoms with van der Waals surface area (Å²) in [5.74, 6) is -0.548. The van der Waals surface area contributed by atoms with Crippen LogP contribution in [-0.4, -0.2) is 31.5 Å². The number of H-pyrrole nitrogens is 1. The molecule has 3 aromatic heterocycles. The fourth-order valence-corrected chi connectivity index (χ4v) is 5.00. The van der Waals surface area contributed by atoms with Crippen molar-refractivity contribution in [2.45, 2.75) is 65.5 Å². The van der Waals surface area contributed by atoms with Gasteiger partial charge in [0.2, 0.25) is 0 Å². The molecule has 34 heavy (non-hydrogen) atoms. The zero-order valence-electron chi connectivity index (χ0n) is 19.4. The van der Waals surface area contributed by atoms with Crippen LogP contribution in [-0.2, 0) is 0 Å². The summed E-state index contributed by atoms with van der Waals surface area (Å²) in [6.07, 6.45) is 6.74. The van der Waals surface area contributed by atoms with Crippen LogP contribution in [0.2, 0.25) is 10.0 Å². The molecule has 3 aromatic rings. The van der Waals surface area contributed by atoms with Crippen LogP contribution in [0.25, 0.3) is 11.2 Å². The maximum Gasteiger partial charge on any atom is 0.327 e. The van der Waals surface area contributed by atoms with Gasteiger partial charge in [-0.2, -0.15) is 0 Å². The summed E-state index contributed by atoms with van der Waals surface area (Å²) in [4.78, 5) is 34.2. The van der Waals surface area contributed by atoms with E-state index in [2.05, 4.69) is 93.1 Å². The lowest BCUT2D eigenvalue weighted by Gasteiger charge is -2.19. The standard InChI is InChI=1S/C11H13ClIN3O.C11H15ClIN3O/c1-3-6(4-2)16-9-8(13)7(12)5-14-10(9)15-11(16)17;1-3-6(4-2)16-9-8(13)7(12)5-15-10(9)11(14)17/h5-6H,3-4H2,1-2H3,(H,14,15,17);5-6,16H,3-4H2,1-2H3,(H2,14,17). The highest BCUT2D eigenvalue weighted by molar-refractivity contribution is 14.1. The van der Waals surface area contributed by atoms with Gasteiger partial charge < -0.3 is 11.1 Å². The predicted octanol–water partition coefficient (Wildman–Crippen LogP) is 6.38. The molecule has 0 aliphatic carbocycles. The topological polar surface area (TPSA) is 119 Å². The van der Waals surface area contributed by atoms with E-state index in [4.69, 9.17) is 28.9 Å². The van der Waals surface area contributed by atoms with Crippen LogP contribution in [0.15, 0.2) is 17.2 Å². The average molecular weight is 733 g/mol. The molecule has 4 N–H and O–H groups in total. The molecule has 0 radical (unpaired) electrons. The Labute approximate surface area is 236 Å². The fourth-order valence-electron chi connectivity index (χ4n) is 3.51. The number of nitrogens with two attached hydrogens (primary N) is 1. The zero-order chi connectivity index (χ0) is 25.6. The monoisotopic (exact) mass is 732 g/mol. The van der Waals surface area contributed by atoms with Crippen molar-refractivity contribution in [1.82, 2.24) is 19.5 Å². The lowest BCUT2D eigenvalue weighted by atomic mass is 10.1. The Bertz CT molecular complexity index is 1210. The van der Waals surface area contributed by atoms with Gasteiger partial charge in [0, 0.05) is 24.5 Å². The number of primary amides is 1. The summed E-state index contributed by atoms with van der Waals surface area (Å²) in [6, 6.07) is 0.465. The molecular weight excluding hydrogens is 705 g/mol. The summed E-state index contributed by atoms with van der Waals surface area (Å²) >= 11 is 16.3. The number of hydrogen-bond donors (Lipinski definition) is 3. The van der Waals surface area contributed by atoms with Gasteiger partial charge in [-0.25, -0.2) is 14.8 Å². The number of carbonyl (C=O) groups excluding carboxylic acids is 1. The number of aromatic amines is 1. The van der Waals surface area contributed by atoms with Crippen molar-refractivity contribution in [2.75, 3.05) is 5.32 Å². The average Bonchev–Trinajstić information content (AvgIpc) is 3.15. The second-order valence-electron chi connectivity index (χ2n) is 7.55. The van der Waals surface area contributed by atoms with Gasteiger partial charge in [-0.3, -0.25) is 14.3 Å². The van der Waals surface area contributed by atoms with Crippen LogP contribution in [0.3, 0.4) is 0 Å². The maximum atomic E-state index is 12.0. The van der Waals surface area contributed by atoms with E-state index in [9.17, 15) is 9.59 Å². The molecule has 3 heterocycles. The molecular formula is C22H28Cl2I2N6O2. The van der Waals surface area contributed by atoms with Gasteiger partial charge in [0.15, 0.2) is 11.3 Å². The number of hydrogen-bond acceptors (Lipinski definition) is 5. The zero-order valence-corrected chi connectivity index (χ0v) is 25.2. The number of nitrogens with one attached hydrogen (secondary N) is 2. The summed E-state index contributed by atoms with van der Waals surface area (Å²) in [5.41, 5.74) is 7.50. The minimum absolute atomic E-state index is 0.110. The van der Waals surface area contributed by atoms with Crippen molar-refractivity contribution in [1.29, 1.82) is 0 Å². The van der Waals surface area contributed by atoms with E-state index in [-0.39, 0.29) is 23.5 Å². The highest BCUT2D eigenvalue weighted by Crippen LogP contribution is 2.29. The third-order valence-electron chi connectivity index (χ3n) is 5.48. The largest absolute Gasteiger partial charge is 0.380 e. The quantitative estimate of drug-likeness (QED) is 0.232. The Morgan fingerprint density at radius 1 is 1.06 bits per heavy atom. The van der Waals surface area contributed by atoms with Gasteiger partial charge in [-0.05, 0) is 70.9 Å². The SMILES string of the molecule is CCC(CC)Nc1c(C(N)=O)ncc(Cl)c1I.CCC(CC)n1c(=O)[nH]c2ncc(Cl)c(I)c21.